The van der Waals surface area contributed by atoms with E-state index < -0.39 is 30.3 Å². The molecular weight excluding hydrogens is 583 g/mol. The lowest BCUT2D eigenvalue weighted by molar-refractivity contribution is -0.245. The van der Waals surface area contributed by atoms with Gasteiger partial charge in [-0.2, -0.15) is 13.2 Å². The van der Waals surface area contributed by atoms with Gasteiger partial charge in [0.25, 0.3) is 0 Å². The number of amides is 2. The van der Waals surface area contributed by atoms with Crippen molar-refractivity contribution in [3.63, 3.8) is 0 Å². The van der Waals surface area contributed by atoms with Crippen molar-refractivity contribution in [2.45, 2.75) is 68.2 Å². The number of carbonyl (C=O) groups excluding carboxylic acids is 2. The van der Waals surface area contributed by atoms with E-state index in [1.54, 1.807) is 30.1 Å². The molecule has 2 N–H and O–H groups in total. The number of halogens is 3. The Morgan fingerprint density at radius 1 is 1.00 bits per heavy atom. The fourth-order valence-corrected chi connectivity index (χ4v) is 6.06. The number of pyridine rings is 1. The van der Waals surface area contributed by atoms with Crippen LogP contribution >= 0.6 is 11.8 Å². The highest BCUT2D eigenvalue weighted by Gasteiger charge is 2.47. The number of aliphatic hydroxyl groups excluding tert-OH is 1. The number of hydrogen-bond donors (Lipinski definition) is 2. The van der Waals surface area contributed by atoms with E-state index >= 15 is 0 Å². The van der Waals surface area contributed by atoms with Gasteiger partial charge >= 0.3 is 12.1 Å². The van der Waals surface area contributed by atoms with Crippen LogP contribution in [0.1, 0.15) is 53.9 Å². The minimum Gasteiger partial charge on any atom is -0.392 e. The number of aliphatic hydroxyl groups is 1. The lowest BCUT2D eigenvalue weighted by Gasteiger charge is -2.36. The van der Waals surface area contributed by atoms with Crippen LogP contribution in [0.25, 0.3) is 0 Å². The van der Waals surface area contributed by atoms with Gasteiger partial charge in [-0.15, -0.1) is 11.8 Å². The van der Waals surface area contributed by atoms with Crippen LogP contribution in [0, 0.1) is 0 Å². The predicted octanol–water partition coefficient (Wildman–Crippen LogP) is 5.08. The molecule has 2 aromatic carbocycles. The number of rotatable bonds is 9. The van der Waals surface area contributed by atoms with Gasteiger partial charge in [-0.3, -0.25) is 9.59 Å². The summed E-state index contributed by atoms with van der Waals surface area (Å²) in [7, 11) is 0. The molecule has 2 amide bonds. The summed E-state index contributed by atoms with van der Waals surface area (Å²) in [5, 5.41) is 13.0. The van der Waals surface area contributed by atoms with Gasteiger partial charge in [-0.1, -0.05) is 54.6 Å². The maximum absolute atomic E-state index is 12.9. The first kappa shape index (κ1) is 31.0. The lowest BCUT2D eigenvalue weighted by Crippen LogP contribution is -2.50. The third-order valence-corrected chi connectivity index (χ3v) is 8.52. The molecule has 3 aromatic rings. The molecule has 0 aliphatic carbocycles. The second kappa shape index (κ2) is 13.9. The van der Waals surface area contributed by atoms with E-state index in [9.17, 15) is 27.9 Å². The van der Waals surface area contributed by atoms with E-state index in [0.717, 1.165) is 27.3 Å². The second-order valence-electron chi connectivity index (χ2n) is 10.4. The average molecular weight is 616 g/mol. The van der Waals surface area contributed by atoms with Crippen molar-refractivity contribution in [1.29, 1.82) is 0 Å². The van der Waals surface area contributed by atoms with Gasteiger partial charge in [0.05, 0.1) is 23.8 Å². The van der Waals surface area contributed by atoms with Crippen molar-refractivity contribution in [2.24, 2.45) is 0 Å². The van der Waals surface area contributed by atoms with Crippen LogP contribution in [0.5, 0.6) is 0 Å². The van der Waals surface area contributed by atoms with E-state index in [-0.39, 0.29) is 38.3 Å². The number of nitrogens with one attached hydrogen (secondary N) is 1. The maximum Gasteiger partial charge on any atom is 0.471 e. The summed E-state index contributed by atoms with van der Waals surface area (Å²) >= 11 is 1.60. The van der Waals surface area contributed by atoms with Crippen LogP contribution in [0.4, 0.5) is 13.2 Å². The van der Waals surface area contributed by atoms with Crippen LogP contribution in [0.3, 0.4) is 0 Å². The highest BCUT2D eigenvalue weighted by Crippen LogP contribution is 2.39. The number of carbonyl (C=O) groups is 2. The van der Waals surface area contributed by atoms with Gasteiger partial charge in [0, 0.05) is 37.0 Å². The number of benzene rings is 2. The van der Waals surface area contributed by atoms with E-state index in [0.29, 0.717) is 23.5 Å². The molecule has 1 aromatic heterocycles. The predicted molar refractivity (Wildman–Crippen MR) is 152 cm³/mol. The number of nitrogens with zero attached hydrogens (tertiary/aromatic N) is 2. The van der Waals surface area contributed by atoms with Gasteiger partial charge in [-0.05, 0) is 41.7 Å². The molecule has 0 saturated carbocycles. The van der Waals surface area contributed by atoms with Crippen LogP contribution in [-0.4, -0.2) is 57.4 Å². The van der Waals surface area contributed by atoms with Crippen LogP contribution in [-0.2, 0) is 32.2 Å². The molecule has 2 fully saturated rings. The molecule has 3 heterocycles. The first-order valence-electron chi connectivity index (χ1n) is 14.0. The molecule has 2 aliphatic rings. The number of alkyl halides is 3. The largest absolute Gasteiger partial charge is 0.471 e. The standard InChI is InChI=1S/C31H32F3N3O5S/c32-31(33,34)30(40)37-15-3-4-25(37)28(39)36-17-20-6-12-23(13-7-20)29-41-24(19-43-27-5-1-2-14-35-27)16-26(42-29)22-10-8-21(18-38)9-11-22/h1-2,5-14,24-26,29,38H,3-4,15-19H2,(H,36,39)/t24-,25-,26+,29+/m0/s1. The summed E-state index contributed by atoms with van der Waals surface area (Å²) in [4.78, 5) is 29.3. The normalized spacial score (nSPS) is 22.4. The van der Waals surface area contributed by atoms with Gasteiger partial charge in [-0.25, -0.2) is 4.98 Å². The molecule has 0 spiro atoms. The molecule has 5 rings (SSSR count). The van der Waals surface area contributed by atoms with Crippen LogP contribution < -0.4 is 5.32 Å². The molecule has 0 unspecified atom stereocenters. The molecule has 2 aliphatic heterocycles. The third kappa shape index (κ3) is 7.94. The Bertz CT molecular complexity index is 1380. The van der Waals surface area contributed by atoms with Crippen LogP contribution in [0.2, 0.25) is 0 Å². The zero-order chi connectivity index (χ0) is 30.4. The molecule has 43 heavy (non-hydrogen) atoms. The molecule has 2 saturated heterocycles. The second-order valence-corrected chi connectivity index (χ2v) is 11.5. The molecular formula is C31H32F3N3O5S. The van der Waals surface area contributed by atoms with Crippen molar-refractivity contribution in [1.82, 2.24) is 15.2 Å². The first-order chi connectivity index (χ1) is 20.7. The first-order valence-corrected chi connectivity index (χ1v) is 15.0. The van der Waals surface area contributed by atoms with Gasteiger partial charge in [0.15, 0.2) is 6.29 Å². The van der Waals surface area contributed by atoms with Gasteiger partial charge in [0.2, 0.25) is 5.91 Å². The number of likely N-dealkylation sites (tertiary alicyclic amines) is 1. The van der Waals surface area contributed by atoms with Gasteiger partial charge < -0.3 is 24.8 Å². The number of thioether (sulfide) groups is 1. The smallest absolute Gasteiger partial charge is 0.392 e. The number of aromatic nitrogens is 1. The maximum atomic E-state index is 12.9. The number of hydrogen-bond acceptors (Lipinski definition) is 7. The zero-order valence-corrected chi connectivity index (χ0v) is 24.0. The fourth-order valence-electron chi connectivity index (χ4n) is 5.18. The lowest BCUT2D eigenvalue weighted by atomic mass is 10.0. The summed E-state index contributed by atoms with van der Waals surface area (Å²) in [5.41, 5.74) is 3.29. The summed E-state index contributed by atoms with van der Waals surface area (Å²) in [6, 6.07) is 19.5. The van der Waals surface area contributed by atoms with E-state index in [2.05, 4.69) is 10.3 Å². The van der Waals surface area contributed by atoms with Crippen molar-refractivity contribution < 1.29 is 37.3 Å². The molecule has 8 nitrogen and oxygen atoms in total. The SMILES string of the molecule is O=C(NCc1ccc([C@@H]2O[C@H](CSc3ccccn3)C[C@H](c3ccc(CO)cc3)O2)cc1)[C@@H]1CCCN1C(=O)C(F)(F)F. The van der Waals surface area contributed by atoms with Crippen LogP contribution in [0.15, 0.2) is 78.0 Å². The van der Waals surface area contributed by atoms with E-state index in [4.69, 9.17) is 9.47 Å². The van der Waals surface area contributed by atoms with Crippen molar-refractivity contribution in [2.75, 3.05) is 12.3 Å². The minimum atomic E-state index is -5.01. The Labute approximate surface area is 251 Å². The highest BCUT2D eigenvalue weighted by molar-refractivity contribution is 7.99. The molecule has 0 bridgehead atoms. The Hall–Kier alpha value is -3.45. The molecule has 228 valence electrons. The zero-order valence-electron chi connectivity index (χ0n) is 23.2. The summed E-state index contributed by atoms with van der Waals surface area (Å²) in [5.74, 6) is -1.93. The average Bonchev–Trinajstić information content (AvgIpc) is 3.52. The highest BCUT2D eigenvalue weighted by atomic mass is 32.2. The Kier molecular flexibility index (Phi) is 10.0. The Morgan fingerprint density at radius 3 is 2.40 bits per heavy atom. The van der Waals surface area contributed by atoms with Crippen molar-refractivity contribution in [3.8, 4) is 0 Å². The van der Waals surface area contributed by atoms with Crippen molar-refractivity contribution in [3.05, 3.63) is 95.2 Å². The monoisotopic (exact) mass is 615 g/mol. The molecule has 0 radical (unpaired) electrons. The Morgan fingerprint density at radius 2 is 1.72 bits per heavy atom. The summed E-state index contributed by atoms with van der Waals surface area (Å²) < 4.78 is 51.5. The summed E-state index contributed by atoms with van der Waals surface area (Å²) in [6.45, 7) is -0.0437. The van der Waals surface area contributed by atoms with Gasteiger partial charge in [0.1, 0.15) is 6.04 Å². The van der Waals surface area contributed by atoms with E-state index in [1.165, 1.54) is 0 Å². The quantitative estimate of drug-likeness (QED) is 0.324. The fraction of sp³-hybridized carbons (Fsp3) is 0.387. The molecule has 4 atom stereocenters. The topological polar surface area (TPSA) is 101 Å². The van der Waals surface area contributed by atoms with Crippen molar-refractivity contribution >= 4 is 23.6 Å². The summed E-state index contributed by atoms with van der Waals surface area (Å²) in [6.07, 6.45) is -3.15. The number of ether oxygens (including phenoxy) is 2. The van der Waals surface area contributed by atoms with E-state index in [1.807, 2.05) is 54.6 Å². The molecule has 12 heteroatoms. The third-order valence-electron chi connectivity index (χ3n) is 7.45. The minimum absolute atomic E-state index is 0.0434. The Balaban J connectivity index is 1.23.